The van der Waals surface area contributed by atoms with Gasteiger partial charge in [-0.1, -0.05) is 27.5 Å². The molecule has 108 valence electrons. The lowest BCUT2D eigenvalue weighted by Crippen LogP contribution is -2.16. The molecule has 0 fully saturated rings. The van der Waals surface area contributed by atoms with E-state index >= 15 is 0 Å². The van der Waals surface area contributed by atoms with E-state index in [2.05, 4.69) is 21.2 Å². The molecule has 0 radical (unpaired) electrons. The topological polar surface area (TPSA) is 66.4 Å². The zero-order valence-corrected chi connectivity index (χ0v) is 12.7. The zero-order valence-electron chi connectivity index (χ0n) is 10.4. The lowest BCUT2D eigenvalue weighted by molar-refractivity contribution is 0.0698. The first kappa shape index (κ1) is 15.5. The summed E-state index contributed by atoms with van der Waals surface area (Å²) in [5, 5.41) is 11.6. The lowest BCUT2D eigenvalue weighted by Gasteiger charge is -2.09. The number of carbonyl (C=O) groups excluding carboxylic acids is 1. The van der Waals surface area contributed by atoms with Gasteiger partial charge >= 0.3 is 5.97 Å². The number of rotatable bonds is 3. The van der Waals surface area contributed by atoms with E-state index in [0.717, 1.165) is 6.07 Å². The van der Waals surface area contributed by atoms with Crippen molar-refractivity contribution < 1.29 is 19.1 Å². The van der Waals surface area contributed by atoms with Gasteiger partial charge in [0.15, 0.2) is 0 Å². The van der Waals surface area contributed by atoms with Crippen molar-refractivity contribution in [3.63, 3.8) is 0 Å². The second-order valence-electron chi connectivity index (χ2n) is 4.07. The van der Waals surface area contributed by atoms with Crippen LogP contribution in [0.2, 0.25) is 5.02 Å². The van der Waals surface area contributed by atoms with Crippen molar-refractivity contribution in [2.75, 3.05) is 5.32 Å². The van der Waals surface area contributed by atoms with Crippen molar-refractivity contribution in [3.8, 4) is 0 Å². The predicted octanol–water partition coefficient (Wildman–Crippen LogP) is 4.19. The summed E-state index contributed by atoms with van der Waals surface area (Å²) in [7, 11) is 0. The molecule has 7 heteroatoms. The first-order valence-corrected chi connectivity index (χ1v) is 6.85. The van der Waals surface area contributed by atoms with Crippen molar-refractivity contribution in [1.29, 1.82) is 0 Å². The van der Waals surface area contributed by atoms with E-state index in [0.29, 0.717) is 4.47 Å². The van der Waals surface area contributed by atoms with Gasteiger partial charge in [0.25, 0.3) is 5.91 Å². The molecule has 0 heterocycles. The number of amides is 1. The van der Waals surface area contributed by atoms with Gasteiger partial charge in [0.1, 0.15) is 5.82 Å². The minimum atomic E-state index is -1.20. The Hall–Kier alpha value is -1.92. The number of carboxylic acid groups (broad SMARTS) is 1. The normalized spacial score (nSPS) is 10.2. The third kappa shape index (κ3) is 3.59. The van der Waals surface area contributed by atoms with Crippen molar-refractivity contribution in [2.24, 2.45) is 0 Å². The Morgan fingerprint density at radius 2 is 1.81 bits per heavy atom. The van der Waals surface area contributed by atoms with Gasteiger partial charge in [0.2, 0.25) is 0 Å². The van der Waals surface area contributed by atoms with E-state index in [1.165, 1.54) is 30.3 Å². The monoisotopic (exact) mass is 371 g/mol. The van der Waals surface area contributed by atoms with E-state index < -0.39 is 17.7 Å². The minimum Gasteiger partial charge on any atom is -0.478 e. The maximum absolute atomic E-state index is 13.7. The Morgan fingerprint density at radius 1 is 1.14 bits per heavy atom. The fourth-order valence-corrected chi connectivity index (χ4v) is 2.19. The molecule has 0 saturated heterocycles. The van der Waals surface area contributed by atoms with Gasteiger partial charge < -0.3 is 10.4 Å². The lowest BCUT2D eigenvalue weighted by atomic mass is 10.1. The quantitative estimate of drug-likeness (QED) is 0.849. The number of carbonyl (C=O) groups is 2. The van der Waals surface area contributed by atoms with Gasteiger partial charge in [-0.05, 0) is 36.4 Å². The Labute approximate surface area is 132 Å². The van der Waals surface area contributed by atoms with Crippen LogP contribution in [0.1, 0.15) is 20.7 Å². The first-order valence-electron chi connectivity index (χ1n) is 5.67. The van der Waals surface area contributed by atoms with Crippen LogP contribution in [0.5, 0.6) is 0 Å². The van der Waals surface area contributed by atoms with Gasteiger partial charge in [0.05, 0.1) is 16.8 Å². The molecular weight excluding hydrogens is 365 g/mol. The minimum absolute atomic E-state index is 0.0659. The highest BCUT2D eigenvalue weighted by atomic mass is 79.9. The molecule has 21 heavy (non-hydrogen) atoms. The summed E-state index contributed by atoms with van der Waals surface area (Å²) < 4.78 is 14.3. The molecule has 1 amide bonds. The SMILES string of the molecule is O=C(Nc1cc(Br)ccc1C(=O)O)c1ccc(Cl)cc1F. The second kappa shape index (κ2) is 6.24. The number of carboxylic acids is 1. The molecule has 0 aliphatic heterocycles. The molecule has 2 N–H and O–H groups in total. The highest BCUT2D eigenvalue weighted by Gasteiger charge is 2.16. The summed E-state index contributed by atoms with van der Waals surface area (Å²) in [6, 6.07) is 7.90. The maximum atomic E-state index is 13.7. The van der Waals surface area contributed by atoms with Crippen molar-refractivity contribution >= 4 is 45.1 Å². The van der Waals surface area contributed by atoms with Crippen LogP contribution < -0.4 is 5.32 Å². The average Bonchev–Trinajstić information content (AvgIpc) is 2.37. The Balaban J connectivity index is 2.35. The number of aromatic carboxylic acids is 1. The molecule has 0 atom stereocenters. The fraction of sp³-hybridized carbons (Fsp3) is 0. The average molecular weight is 373 g/mol. The van der Waals surface area contributed by atoms with Gasteiger partial charge in [-0.15, -0.1) is 0 Å². The highest BCUT2D eigenvalue weighted by molar-refractivity contribution is 9.10. The Kier molecular flexibility index (Phi) is 4.59. The van der Waals surface area contributed by atoms with Crippen LogP contribution in [0.25, 0.3) is 0 Å². The van der Waals surface area contributed by atoms with Crippen molar-refractivity contribution in [2.45, 2.75) is 0 Å². The maximum Gasteiger partial charge on any atom is 0.337 e. The van der Waals surface area contributed by atoms with E-state index in [1.54, 1.807) is 0 Å². The highest BCUT2D eigenvalue weighted by Crippen LogP contribution is 2.23. The molecule has 2 aromatic rings. The van der Waals surface area contributed by atoms with Crippen LogP contribution >= 0.6 is 27.5 Å². The first-order chi connectivity index (χ1) is 9.88. The molecule has 0 aliphatic carbocycles. The van der Waals surface area contributed by atoms with E-state index in [-0.39, 0.29) is 21.8 Å². The number of nitrogens with one attached hydrogen (secondary N) is 1. The van der Waals surface area contributed by atoms with Crippen LogP contribution in [0, 0.1) is 5.82 Å². The van der Waals surface area contributed by atoms with Crippen LogP contribution in [-0.4, -0.2) is 17.0 Å². The number of hydrogen-bond acceptors (Lipinski definition) is 2. The molecular formula is C14H8BrClFNO3. The third-order valence-corrected chi connectivity index (χ3v) is 3.36. The van der Waals surface area contributed by atoms with Crippen molar-refractivity contribution in [3.05, 3.63) is 62.8 Å². The molecule has 0 aliphatic rings. The summed E-state index contributed by atoms with van der Waals surface area (Å²) in [6.07, 6.45) is 0. The van der Waals surface area contributed by atoms with Crippen molar-refractivity contribution in [1.82, 2.24) is 0 Å². The molecule has 4 nitrogen and oxygen atoms in total. The second-order valence-corrected chi connectivity index (χ2v) is 5.43. The van der Waals surface area contributed by atoms with Crippen LogP contribution in [-0.2, 0) is 0 Å². The predicted molar refractivity (Wildman–Crippen MR) is 80.5 cm³/mol. The van der Waals surface area contributed by atoms with Gasteiger partial charge in [0, 0.05) is 9.50 Å². The third-order valence-electron chi connectivity index (χ3n) is 2.64. The van der Waals surface area contributed by atoms with Crippen LogP contribution in [0.4, 0.5) is 10.1 Å². The number of benzene rings is 2. The summed E-state index contributed by atoms with van der Waals surface area (Å²) in [5.41, 5.74) is -0.257. The fourth-order valence-electron chi connectivity index (χ4n) is 1.67. The van der Waals surface area contributed by atoms with Gasteiger partial charge in [-0.2, -0.15) is 0 Å². The zero-order chi connectivity index (χ0) is 15.6. The Bertz CT molecular complexity index is 736. The molecule has 0 spiro atoms. The standard InChI is InChI=1S/C14H8BrClFNO3/c15-7-1-3-10(14(20)21)12(5-7)18-13(19)9-4-2-8(16)6-11(9)17/h1-6H,(H,18,19)(H,20,21). The van der Waals surface area contributed by atoms with Crippen LogP contribution in [0.15, 0.2) is 40.9 Å². The van der Waals surface area contributed by atoms with Gasteiger partial charge in [-0.25, -0.2) is 9.18 Å². The van der Waals surface area contributed by atoms with E-state index in [1.807, 2.05) is 0 Å². The molecule has 0 unspecified atom stereocenters. The van der Waals surface area contributed by atoms with E-state index in [4.69, 9.17) is 16.7 Å². The smallest absolute Gasteiger partial charge is 0.337 e. The Morgan fingerprint density at radius 3 is 2.43 bits per heavy atom. The molecule has 2 aromatic carbocycles. The molecule has 0 saturated carbocycles. The van der Waals surface area contributed by atoms with Crippen LogP contribution in [0.3, 0.4) is 0 Å². The van der Waals surface area contributed by atoms with Gasteiger partial charge in [-0.3, -0.25) is 4.79 Å². The summed E-state index contributed by atoms with van der Waals surface area (Å²) in [4.78, 5) is 23.1. The molecule has 0 bridgehead atoms. The van der Waals surface area contributed by atoms with E-state index in [9.17, 15) is 14.0 Å². The summed E-state index contributed by atoms with van der Waals surface area (Å²) in [6.45, 7) is 0. The number of hydrogen-bond donors (Lipinski definition) is 2. The molecule has 2 rings (SSSR count). The number of anilines is 1. The largest absolute Gasteiger partial charge is 0.478 e. The summed E-state index contributed by atoms with van der Waals surface area (Å²) >= 11 is 8.79. The number of halogens is 3. The summed E-state index contributed by atoms with van der Waals surface area (Å²) in [5.74, 6) is -2.74. The molecule has 0 aromatic heterocycles.